The molecular formula is C20H18F4O3. The number of allylic oxidation sites excluding steroid dienone is 2. The number of halogens is 4. The lowest BCUT2D eigenvalue weighted by Gasteiger charge is -2.09. The summed E-state index contributed by atoms with van der Waals surface area (Å²) in [5.74, 6) is -5.03. The van der Waals surface area contributed by atoms with Gasteiger partial charge in [-0.15, -0.1) is 0 Å². The largest absolute Gasteiger partial charge is 0.491 e. The number of ether oxygens (including phenoxy) is 2. The van der Waals surface area contributed by atoms with Gasteiger partial charge in [0, 0.05) is 0 Å². The van der Waals surface area contributed by atoms with Gasteiger partial charge in [0.15, 0.2) is 11.5 Å². The monoisotopic (exact) mass is 382 g/mol. The van der Waals surface area contributed by atoms with Crippen molar-refractivity contribution in [3.05, 3.63) is 71.1 Å². The quantitative estimate of drug-likeness (QED) is 0.351. The first-order valence-corrected chi connectivity index (χ1v) is 8.28. The summed E-state index contributed by atoms with van der Waals surface area (Å²) in [6.07, 6.45) is 1.93. The van der Waals surface area contributed by atoms with Gasteiger partial charge in [0.05, 0.1) is 12.2 Å². The fraction of sp³-hybridized carbons (Fsp3) is 0.250. The lowest BCUT2D eigenvalue weighted by molar-refractivity contribution is 0.0726. The SMILES string of the molecule is CCOc1ccc(OC(=O)c2ccc(CCC=C(F)CF)cc2)c(F)c1F. The van der Waals surface area contributed by atoms with Gasteiger partial charge in [-0.2, -0.15) is 8.78 Å². The summed E-state index contributed by atoms with van der Waals surface area (Å²) >= 11 is 0. The summed E-state index contributed by atoms with van der Waals surface area (Å²) in [6, 6.07) is 8.43. The molecule has 0 atom stereocenters. The van der Waals surface area contributed by atoms with Crippen molar-refractivity contribution in [2.75, 3.05) is 13.3 Å². The van der Waals surface area contributed by atoms with Gasteiger partial charge in [-0.25, -0.2) is 13.6 Å². The van der Waals surface area contributed by atoms with Crippen LogP contribution in [0.1, 0.15) is 29.3 Å². The van der Waals surface area contributed by atoms with E-state index in [0.717, 1.165) is 17.7 Å². The number of rotatable bonds is 8. The van der Waals surface area contributed by atoms with Gasteiger partial charge in [-0.3, -0.25) is 0 Å². The Morgan fingerprint density at radius 1 is 1.04 bits per heavy atom. The maximum atomic E-state index is 14.0. The third-order valence-corrected chi connectivity index (χ3v) is 3.63. The summed E-state index contributed by atoms with van der Waals surface area (Å²) in [7, 11) is 0. The molecule has 0 amide bonds. The summed E-state index contributed by atoms with van der Waals surface area (Å²) in [4.78, 5) is 12.1. The van der Waals surface area contributed by atoms with E-state index >= 15 is 0 Å². The van der Waals surface area contributed by atoms with E-state index in [0.29, 0.717) is 12.8 Å². The van der Waals surface area contributed by atoms with E-state index in [1.807, 2.05) is 0 Å². The highest BCUT2D eigenvalue weighted by molar-refractivity contribution is 5.91. The average molecular weight is 382 g/mol. The molecule has 0 aliphatic carbocycles. The molecule has 0 unspecified atom stereocenters. The number of carbonyl (C=O) groups excluding carboxylic acids is 1. The highest BCUT2D eigenvalue weighted by Crippen LogP contribution is 2.28. The Morgan fingerprint density at radius 3 is 2.30 bits per heavy atom. The molecule has 0 aliphatic heterocycles. The Kier molecular flexibility index (Phi) is 7.40. The molecule has 27 heavy (non-hydrogen) atoms. The van der Waals surface area contributed by atoms with E-state index in [1.165, 1.54) is 18.2 Å². The van der Waals surface area contributed by atoms with Gasteiger partial charge >= 0.3 is 5.97 Å². The topological polar surface area (TPSA) is 35.5 Å². The lowest BCUT2D eigenvalue weighted by atomic mass is 10.1. The average Bonchev–Trinajstić information content (AvgIpc) is 2.68. The van der Waals surface area contributed by atoms with Crippen molar-refractivity contribution < 1.29 is 31.8 Å². The van der Waals surface area contributed by atoms with Crippen molar-refractivity contribution in [3.63, 3.8) is 0 Å². The maximum Gasteiger partial charge on any atom is 0.343 e. The van der Waals surface area contributed by atoms with Crippen LogP contribution in [0.15, 0.2) is 48.3 Å². The highest BCUT2D eigenvalue weighted by Gasteiger charge is 2.18. The number of alkyl halides is 1. The Bertz CT molecular complexity index is 817. The summed E-state index contributed by atoms with van der Waals surface area (Å²) in [6.45, 7) is 0.661. The molecule has 0 radical (unpaired) electrons. The number of aryl methyl sites for hydroxylation is 1. The molecule has 0 aliphatic rings. The molecule has 0 fully saturated rings. The van der Waals surface area contributed by atoms with E-state index in [9.17, 15) is 22.4 Å². The van der Waals surface area contributed by atoms with Crippen molar-refractivity contribution in [2.24, 2.45) is 0 Å². The zero-order valence-electron chi connectivity index (χ0n) is 14.6. The van der Waals surface area contributed by atoms with Gasteiger partial charge < -0.3 is 9.47 Å². The van der Waals surface area contributed by atoms with E-state index < -0.39 is 35.9 Å². The Hall–Kier alpha value is -2.83. The maximum absolute atomic E-state index is 14.0. The van der Waals surface area contributed by atoms with E-state index in [4.69, 9.17) is 9.47 Å². The minimum atomic E-state index is -1.31. The molecule has 0 bridgehead atoms. The zero-order valence-corrected chi connectivity index (χ0v) is 14.6. The molecule has 2 aromatic rings. The first-order chi connectivity index (χ1) is 13.0. The second kappa shape index (κ2) is 9.75. The zero-order chi connectivity index (χ0) is 19.8. The summed E-state index contributed by atoms with van der Waals surface area (Å²) in [5, 5.41) is 0. The van der Waals surface area contributed by atoms with Crippen LogP contribution in [0.4, 0.5) is 17.6 Å². The van der Waals surface area contributed by atoms with Crippen LogP contribution in [0.3, 0.4) is 0 Å². The van der Waals surface area contributed by atoms with Crippen molar-refractivity contribution in [1.29, 1.82) is 0 Å². The van der Waals surface area contributed by atoms with E-state index in [1.54, 1.807) is 19.1 Å². The van der Waals surface area contributed by atoms with Crippen LogP contribution >= 0.6 is 0 Å². The summed E-state index contributed by atoms with van der Waals surface area (Å²) in [5.41, 5.74) is 0.936. The number of hydrogen-bond acceptors (Lipinski definition) is 3. The van der Waals surface area contributed by atoms with Crippen molar-refractivity contribution in [2.45, 2.75) is 19.8 Å². The minimum Gasteiger partial charge on any atom is -0.491 e. The molecule has 0 saturated heterocycles. The number of benzene rings is 2. The Labute approximate surface area is 154 Å². The number of hydrogen-bond donors (Lipinski definition) is 0. The van der Waals surface area contributed by atoms with Crippen molar-refractivity contribution in [3.8, 4) is 11.5 Å². The van der Waals surface area contributed by atoms with Crippen LogP contribution < -0.4 is 9.47 Å². The molecule has 2 rings (SSSR count). The van der Waals surface area contributed by atoms with Gasteiger partial charge in [0.1, 0.15) is 12.5 Å². The summed E-state index contributed by atoms with van der Waals surface area (Å²) < 4.78 is 62.3. The fourth-order valence-corrected chi connectivity index (χ4v) is 2.28. The van der Waals surface area contributed by atoms with Gasteiger partial charge in [-0.1, -0.05) is 12.1 Å². The van der Waals surface area contributed by atoms with Gasteiger partial charge in [-0.05, 0) is 55.7 Å². The molecule has 0 saturated carbocycles. The second-order valence-electron chi connectivity index (χ2n) is 5.53. The first kappa shape index (κ1) is 20.5. The normalized spacial score (nSPS) is 11.4. The van der Waals surface area contributed by atoms with Crippen molar-refractivity contribution >= 4 is 5.97 Å². The molecule has 0 aromatic heterocycles. The molecule has 0 N–H and O–H groups in total. The predicted octanol–water partition coefficient (Wildman–Crippen LogP) is 5.34. The third kappa shape index (κ3) is 5.57. The van der Waals surface area contributed by atoms with Crippen LogP contribution in [0.2, 0.25) is 0 Å². The van der Waals surface area contributed by atoms with Crippen LogP contribution in [-0.4, -0.2) is 19.3 Å². The highest BCUT2D eigenvalue weighted by atomic mass is 19.2. The molecular weight excluding hydrogens is 364 g/mol. The van der Waals surface area contributed by atoms with Crippen LogP contribution in [0, 0.1) is 11.6 Å². The standard InChI is InChI=1S/C20H18F4O3/c1-2-26-16-10-11-17(19(24)18(16)23)27-20(25)14-8-6-13(7-9-14)4-3-5-15(22)12-21/h5-11H,2-4,12H2,1H3. The Morgan fingerprint density at radius 2 is 1.67 bits per heavy atom. The van der Waals surface area contributed by atoms with Crippen LogP contribution in [0.25, 0.3) is 0 Å². The van der Waals surface area contributed by atoms with Crippen LogP contribution in [0.5, 0.6) is 11.5 Å². The third-order valence-electron chi connectivity index (χ3n) is 3.63. The molecule has 3 nitrogen and oxygen atoms in total. The van der Waals surface area contributed by atoms with E-state index in [2.05, 4.69) is 0 Å². The lowest BCUT2D eigenvalue weighted by Crippen LogP contribution is -2.10. The van der Waals surface area contributed by atoms with Gasteiger partial charge in [0.25, 0.3) is 0 Å². The smallest absolute Gasteiger partial charge is 0.343 e. The fourth-order valence-electron chi connectivity index (χ4n) is 2.28. The molecule has 2 aromatic carbocycles. The molecule has 0 heterocycles. The first-order valence-electron chi connectivity index (χ1n) is 8.28. The molecule has 7 heteroatoms. The number of esters is 1. The van der Waals surface area contributed by atoms with Gasteiger partial charge in [0.2, 0.25) is 11.6 Å². The minimum absolute atomic E-state index is 0.137. The molecule has 144 valence electrons. The second-order valence-corrected chi connectivity index (χ2v) is 5.53. The van der Waals surface area contributed by atoms with E-state index in [-0.39, 0.29) is 17.9 Å². The van der Waals surface area contributed by atoms with Crippen molar-refractivity contribution in [1.82, 2.24) is 0 Å². The molecule has 0 spiro atoms. The Balaban J connectivity index is 2.03. The number of carbonyl (C=O) groups is 1. The van der Waals surface area contributed by atoms with Crippen LogP contribution in [-0.2, 0) is 6.42 Å². The predicted molar refractivity (Wildman–Crippen MR) is 92.4 cm³/mol.